The van der Waals surface area contributed by atoms with E-state index in [2.05, 4.69) is 10.4 Å². The molecule has 0 unspecified atom stereocenters. The van der Waals surface area contributed by atoms with Gasteiger partial charge >= 0.3 is 0 Å². The highest BCUT2D eigenvalue weighted by molar-refractivity contribution is 6.36. The highest BCUT2D eigenvalue weighted by atomic mass is 35.5. The van der Waals surface area contributed by atoms with Gasteiger partial charge in [-0.15, -0.1) is 0 Å². The largest absolute Gasteiger partial charge is 0.489 e. The van der Waals surface area contributed by atoms with E-state index in [4.69, 9.17) is 27.9 Å². The van der Waals surface area contributed by atoms with Gasteiger partial charge in [0.05, 0.1) is 11.5 Å². The first kappa shape index (κ1) is 25.2. The molecule has 0 fully saturated rings. The van der Waals surface area contributed by atoms with Gasteiger partial charge in [-0.3, -0.25) is 19.6 Å². The third-order valence-electron chi connectivity index (χ3n) is 5.55. The third kappa shape index (κ3) is 5.84. The van der Waals surface area contributed by atoms with Crippen molar-refractivity contribution in [3.63, 3.8) is 0 Å². The van der Waals surface area contributed by atoms with Gasteiger partial charge in [-0.25, -0.2) is 0 Å². The Kier molecular flexibility index (Phi) is 7.57. The van der Waals surface area contributed by atoms with E-state index >= 15 is 0 Å². The van der Waals surface area contributed by atoms with Crippen LogP contribution in [-0.2, 0) is 13.2 Å². The van der Waals surface area contributed by atoms with Crippen LogP contribution in [0.15, 0.2) is 66.7 Å². The van der Waals surface area contributed by atoms with Gasteiger partial charge in [0.25, 0.3) is 11.6 Å². The number of nitro benzene ring substituents is 1. The van der Waals surface area contributed by atoms with E-state index in [-0.39, 0.29) is 18.2 Å². The van der Waals surface area contributed by atoms with Crippen molar-refractivity contribution >= 4 is 40.6 Å². The topological polar surface area (TPSA) is 99.3 Å². The molecule has 1 amide bonds. The molecule has 36 heavy (non-hydrogen) atoms. The second-order valence-corrected chi connectivity index (χ2v) is 8.99. The Bertz CT molecular complexity index is 1430. The Labute approximate surface area is 217 Å². The Balaban J connectivity index is 1.42. The number of aryl methyl sites for hydroxylation is 2. The van der Waals surface area contributed by atoms with Gasteiger partial charge in [-0.1, -0.05) is 41.4 Å². The number of nitro groups is 1. The van der Waals surface area contributed by atoms with Crippen LogP contribution in [0.4, 0.5) is 11.5 Å². The average molecular weight is 525 g/mol. The summed E-state index contributed by atoms with van der Waals surface area (Å²) in [5.41, 5.74) is 3.35. The number of hydrogen-bond acceptors (Lipinski definition) is 5. The minimum absolute atomic E-state index is 0.0358. The maximum atomic E-state index is 12.9. The number of nitrogens with zero attached hydrogens (tertiary/aromatic N) is 3. The standard InChI is InChI=1S/C26H22Cl2N4O4/c1-16-11-20(9-10-24(16)32(34)35)36-15-18-5-3-6-19(13-18)26(33)29-25-12-17(2)31(30-25)14-21-22(27)7-4-8-23(21)28/h3-13H,14-15H2,1-2H3,(H,29,30,33). The van der Waals surface area contributed by atoms with Gasteiger partial charge in [-0.2, -0.15) is 5.10 Å². The molecule has 8 nitrogen and oxygen atoms in total. The lowest BCUT2D eigenvalue weighted by atomic mass is 10.1. The molecule has 1 N–H and O–H groups in total. The van der Waals surface area contributed by atoms with Crippen molar-refractivity contribution in [3.8, 4) is 5.75 Å². The maximum absolute atomic E-state index is 12.9. The molecule has 0 radical (unpaired) electrons. The SMILES string of the molecule is Cc1cc(OCc2cccc(C(=O)Nc3cc(C)n(Cc4c(Cl)cccc4Cl)n3)c2)ccc1[N+](=O)[O-]. The average Bonchev–Trinajstić information content (AvgIpc) is 3.18. The number of rotatable bonds is 8. The predicted octanol–water partition coefficient (Wildman–Crippen LogP) is 6.59. The summed E-state index contributed by atoms with van der Waals surface area (Å²) in [4.78, 5) is 23.4. The Morgan fingerprint density at radius 2 is 1.78 bits per heavy atom. The molecule has 0 saturated heterocycles. The van der Waals surface area contributed by atoms with E-state index in [1.807, 2.05) is 13.0 Å². The van der Waals surface area contributed by atoms with Crippen molar-refractivity contribution in [2.75, 3.05) is 5.32 Å². The van der Waals surface area contributed by atoms with Gasteiger partial charge in [0.1, 0.15) is 12.4 Å². The lowest BCUT2D eigenvalue weighted by Crippen LogP contribution is -2.13. The first-order chi connectivity index (χ1) is 17.2. The molecular weight excluding hydrogens is 503 g/mol. The van der Waals surface area contributed by atoms with E-state index in [9.17, 15) is 14.9 Å². The number of amides is 1. The van der Waals surface area contributed by atoms with Gasteiger partial charge in [0.15, 0.2) is 5.82 Å². The lowest BCUT2D eigenvalue weighted by molar-refractivity contribution is -0.385. The highest BCUT2D eigenvalue weighted by Crippen LogP contribution is 2.26. The molecular formula is C26H22Cl2N4O4. The van der Waals surface area contributed by atoms with Crippen molar-refractivity contribution in [3.05, 3.63) is 115 Å². The molecule has 0 aliphatic carbocycles. The zero-order chi connectivity index (χ0) is 25.8. The highest BCUT2D eigenvalue weighted by Gasteiger charge is 2.14. The molecule has 0 spiro atoms. The molecule has 3 aromatic carbocycles. The van der Waals surface area contributed by atoms with Gasteiger partial charge in [0.2, 0.25) is 0 Å². The van der Waals surface area contributed by atoms with Crippen LogP contribution in [-0.4, -0.2) is 20.6 Å². The molecule has 0 bridgehead atoms. The van der Waals surface area contributed by atoms with Crippen LogP contribution in [0, 0.1) is 24.0 Å². The summed E-state index contributed by atoms with van der Waals surface area (Å²) in [6, 6.07) is 18.7. The van der Waals surface area contributed by atoms with Crippen molar-refractivity contribution in [1.82, 2.24) is 9.78 Å². The summed E-state index contributed by atoms with van der Waals surface area (Å²) >= 11 is 12.6. The zero-order valence-electron chi connectivity index (χ0n) is 19.5. The molecule has 0 aliphatic rings. The van der Waals surface area contributed by atoms with Crippen LogP contribution in [0.5, 0.6) is 5.75 Å². The first-order valence-electron chi connectivity index (χ1n) is 11.0. The number of ether oxygens (including phenoxy) is 1. The first-order valence-corrected chi connectivity index (χ1v) is 11.7. The number of hydrogen-bond donors (Lipinski definition) is 1. The number of halogens is 2. The molecule has 1 heterocycles. The molecule has 4 aromatic rings. The number of carbonyl (C=O) groups excluding carboxylic acids is 1. The molecule has 1 aromatic heterocycles. The molecule has 0 aliphatic heterocycles. The number of anilines is 1. The second kappa shape index (κ2) is 10.8. The summed E-state index contributed by atoms with van der Waals surface area (Å²) < 4.78 is 7.49. The number of aromatic nitrogens is 2. The van der Waals surface area contributed by atoms with Crippen LogP contribution in [0.3, 0.4) is 0 Å². The van der Waals surface area contributed by atoms with Gasteiger partial charge in [0, 0.05) is 44.6 Å². The normalized spacial score (nSPS) is 10.8. The van der Waals surface area contributed by atoms with E-state index in [0.717, 1.165) is 16.8 Å². The van der Waals surface area contributed by atoms with Crippen molar-refractivity contribution in [1.29, 1.82) is 0 Å². The van der Waals surface area contributed by atoms with Crippen molar-refractivity contribution in [2.24, 2.45) is 0 Å². The zero-order valence-corrected chi connectivity index (χ0v) is 21.0. The van der Waals surface area contributed by atoms with Crippen molar-refractivity contribution in [2.45, 2.75) is 27.0 Å². The predicted molar refractivity (Wildman–Crippen MR) is 139 cm³/mol. The number of nitrogens with one attached hydrogen (secondary N) is 1. The van der Waals surface area contributed by atoms with E-state index < -0.39 is 4.92 Å². The molecule has 10 heteroatoms. The molecule has 184 valence electrons. The summed E-state index contributed by atoms with van der Waals surface area (Å²) in [7, 11) is 0. The smallest absolute Gasteiger partial charge is 0.272 e. The fraction of sp³-hybridized carbons (Fsp3) is 0.154. The fourth-order valence-corrected chi connectivity index (χ4v) is 4.16. The number of benzene rings is 3. The van der Waals surface area contributed by atoms with E-state index in [1.54, 1.807) is 66.2 Å². The minimum Gasteiger partial charge on any atom is -0.489 e. The third-order valence-corrected chi connectivity index (χ3v) is 6.26. The molecule has 0 saturated carbocycles. The fourth-order valence-electron chi connectivity index (χ4n) is 3.64. The van der Waals surface area contributed by atoms with Crippen LogP contribution >= 0.6 is 23.2 Å². The second-order valence-electron chi connectivity index (χ2n) is 8.18. The molecule has 4 rings (SSSR count). The van der Waals surface area contributed by atoms with E-state index in [0.29, 0.717) is 39.3 Å². The van der Waals surface area contributed by atoms with Gasteiger partial charge in [-0.05, 0) is 55.8 Å². The Morgan fingerprint density at radius 3 is 2.47 bits per heavy atom. The summed E-state index contributed by atoms with van der Waals surface area (Å²) in [5.74, 6) is 0.597. The van der Waals surface area contributed by atoms with Crippen LogP contribution in [0.2, 0.25) is 10.0 Å². The summed E-state index contributed by atoms with van der Waals surface area (Å²) in [6.45, 7) is 4.10. The Hall–Kier alpha value is -3.88. The van der Waals surface area contributed by atoms with Gasteiger partial charge < -0.3 is 10.1 Å². The monoisotopic (exact) mass is 524 g/mol. The minimum atomic E-state index is -0.433. The van der Waals surface area contributed by atoms with Crippen LogP contribution in [0.25, 0.3) is 0 Å². The van der Waals surface area contributed by atoms with Crippen molar-refractivity contribution < 1.29 is 14.5 Å². The molecule has 0 atom stereocenters. The quantitative estimate of drug-likeness (QED) is 0.207. The number of carbonyl (C=O) groups is 1. The summed E-state index contributed by atoms with van der Waals surface area (Å²) in [5, 5.41) is 19.4. The van der Waals surface area contributed by atoms with Crippen LogP contribution < -0.4 is 10.1 Å². The maximum Gasteiger partial charge on any atom is 0.272 e. The van der Waals surface area contributed by atoms with Crippen LogP contribution in [0.1, 0.15) is 32.7 Å². The Morgan fingerprint density at radius 1 is 1.06 bits per heavy atom. The van der Waals surface area contributed by atoms with E-state index in [1.165, 1.54) is 6.07 Å². The lowest BCUT2D eigenvalue weighted by Gasteiger charge is -2.09. The summed E-state index contributed by atoms with van der Waals surface area (Å²) in [6.07, 6.45) is 0.